The zero-order valence-corrected chi connectivity index (χ0v) is 21.0. The molecule has 0 unspecified atom stereocenters. The molecule has 0 aliphatic carbocycles. The molecule has 0 spiro atoms. The van der Waals surface area contributed by atoms with Gasteiger partial charge in [-0.1, -0.05) is 30.2 Å². The first kappa shape index (κ1) is 25.9. The number of rotatable bonds is 8. The third-order valence-electron chi connectivity index (χ3n) is 5.55. The molecule has 1 aliphatic heterocycles. The maximum atomic E-state index is 13.3. The lowest BCUT2D eigenvalue weighted by molar-refractivity contribution is -0.123. The second kappa shape index (κ2) is 11.6. The normalized spacial score (nSPS) is 14.6. The summed E-state index contributed by atoms with van der Waals surface area (Å²) in [5.41, 5.74) is -0.284. The van der Waals surface area contributed by atoms with Crippen molar-refractivity contribution in [2.75, 3.05) is 25.0 Å². The first-order chi connectivity index (χ1) is 16.1. The van der Waals surface area contributed by atoms with Gasteiger partial charge in [0.2, 0.25) is 11.8 Å². The van der Waals surface area contributed by atoms with E-state index in [1.165, 1.54) is 30.0 Å². The number of anilines is 1. The van der Waals surface area contributed by atoms with Crippen molar-refractivity contribution in [1.82, 2.24) is 19.8 Å². The number of nitrogens with one attached hydrogen (secondary N) is 2. The van der Waals surface area contributed by atoms with Gasteiger partial charge in [0.05, 0.1) is 6.20 Å². The minimum absolute atomic E-state index is 0.0531. The molecule has 0 radical (unpaired) electrons. The third kappa shape index (κ3) is 7.67. The Kier molecular flexibility index (Phi) is 8.85. The standard InChI is InChI=1S/C25H34ClN5O3/c1-25(2,3)29-22(33)17-31-23(18-9-7-10-19(26)15-18)27-16-20(24(31)34)28-21(32)11-8-14-30-12-5-4-6-13-30/h7,9-10,15-16H,4-6,8,11-14,17H2,1-3H3,(H,28,32)(H,29,33). The molecule has 1 saturated heterocycles. The van der Waals surface area contributed by atoms with Crippen molar-refractivity contribution in [2.45, 2.75) is 65.0 Å². The maximum Gasteiger partial charge on any atom is 0.278 e. The van der Waals surface area contributed by atoms with Crippen molar-refractivity contribution in [1.29, 1.82) is 0 Å². The van der Waals surface area contributed by atoms with Gasteiger partial charge in [-0.05, 0) is 71.8 Å². The van der Waals surface area contributed by atoms with E-state index in [4.69, 9.17) is 11.6 Å². The lowest BCUT2D eigenvalue weighted by Crippen LogP contribution is -2.44. The van der Waals surface area contributed by atoms with Crippen molar-refractivity contribution >= 4 is 29.1 Å². The van der Waals surface area contributed by atoms with Crippen LogP contribution in [0.3, 0.4) is 0 Å². The quantitative estimate of drug-likeness (QED) is 0.592. The van der Waals surface area contributed by atoms with Crippen molar-refractivity contribution in [3.05, 3.63) is 45.8 Å². The number of hydrogen-bond donors (Lipinski definition) is 2. The van der Waals surface area contributed by atoms with E-state index in [2.05, 4.69) is 20.5 Å². The molecule has 34 heavy (non-hydrogen) atoms. The average Bonchev–Trinajstić information content (AvgIpc) is 2.76. The summed E-state index contributed by atoms with van der Waals surface area (Å²) in [5, 5.41) is 6.04. The summed E-state index contributed by atoms with van der Waals surface area (Å²) in [4.78, 5) is 45.2. The first-order valence-corrected chi connectivity index (χ1v) is 12.2. The molecule has 1 fully saturated rings. The predicted octanol–water partition coefficient (Wildman–Crippen LogP) is 3.68. The van der Waals surface area contributed by atoms with Gasteiger partial charge in [-0.15, -0.1) is 0 Å². The molecule has 3 rings (SSSR count). The van der Waals surface area contributed by atoms with Crippen molar-refractivity contribution < 1.29 is 9.59 Å². The van der Waals surface area contributed by atoms with Gasteiger partial charge in [0.1, 0.15) is 18.1 Å². The molecule has 1 aromatic heterocycles. The zero-order valence-electron chi connectivity index (χ0n) is 20.2. The van der Waals surface area contributed by atoms with Crippen LogP contribution in [0.5, 0.6) is 0 Å². The second-order valence-corrected chi connectivity index (χ2v) is 10.2. The molecule has 1 aliphatic rings. The number of halogens is 1. The van der Waals surface area contributed by atoms with Crippen LogP contribution >= 0.6 is 11.6 Å². The number of carbonyl (C=O) groups is 2. The number of benzene rings is 1. The number of aromatic nitrogens is 2. The van der Waals surface area contributed by atoms with Gasteiger partial charge in [-0.2, -0.15) is 0 Å². The molecule has 8 nitrogen and oxygen atoms in total. The molecular formula is C25H34ClN5O3. The highest BCUT2D eigenvalue weighted by Gasteiger charge is 2.20. The maximum absolute atomic E-state index is 13.3. The van der Waals surface area contributed by atoms with Crippen LogP contribution in [0.2, 0.25) is 5.02 Å². The SMILES string of the molecule is CC(C)(C)NC(=O)Cn1c(-c2cccc(Cl)c2)ncc(NC(=O)CCCN2CCCCC2)c1=O. The number of piperidine rings is 1. The Labute approximate surface area is 205 Å². The fourth-order valence-corrected chi connectivity index (χ4v) is 4.23. The van der Waals surface area contributed by atoms with Crippen molar-refractivity contribution in [3.8, 4) is 11.4 Å². The van der Waals surface area contributed by atoms with E-state index in [1.807, 2.05) is 20.8 Å². The minimum atomic E-state index is -0.488. The molecule has 2 heterocycles. The van der Waals surface area contributed by atoms with E-state index >= 15 is 0 Å². The molecule has 184 valence electrons. The van der Waals surface area contributed by atoms with E-state index in [-0.39, 0.29) is 24.0 Å². The van der Waals surface area contributed by atoms with E-state index in [0.29, 0.717) is 22.8 Å². The molecule has 2 amide bonds. The monoisotopic (exact) mass is 487 g/mol. The van der Waals surface area contributed by atoms with E-state index < -0.39 is 11.1 Å². The Bertz CT molecular complexity index is 1070. The number of carbonyl (C=O) groups excluding carboxylic acids is 2. The smallest absolute Gasteiger partial charge is 0.278 e. The van der Waals surface area contributed by atoms with Gasteiger partial charge in [0.15, 0.2) is 0 Å². The Morgan fingerprint density at radius 2 is 1.85 bits per heavy atom. The molecule has 0 atom stereocenters. The van der Waals surface area contributed by atoms with Crippen LogP contribution in [0, 0.1) is 0 Å². The zero-order chi connectivity index (χ0) is 24.7. The highest BCUT2D eigenvalue weighted by Crippen LogP contribution is 2.21. The van der Waals surface area contributed by atoms with Crippen LogP contribution in [0.25, 0.3) is 11.4 Å². The summed E-state index contributed by atoms with van der Waals surface area (Å²) in [6.45, 7) is 8.40. The molecule has 2 aromatic rings. The van der Waals surface area contributed by atoms with Crippen LogP contribution < -0.4 is 16.2 Å². The summed E-state index contributed by atoms with van der Waals surface area (Å²) in [6.07, 6.45) is 6.07. The Morgan fingerprint density at radius 3 is 2.53 bits per heavy atom. The fourth-order valence-electron chi connectivity index (χ4n) is 4.04. The van der Waals surface area contributed by atoms with Crippen LogP contribution in [-0.4, -0.2) is 51.4 Å². The highest BCUT2D eigenvalue weighted by molar-refractivity contribution is 6.30. The number of hydrogen-bond acceptors (Lipinski definition) is 5. The van der Waals surface area contributed by atoms with Crippen LogP contribution in [0.4, 0.5) is 5.69 Å². The molecule has 9 heteroatoms. The van der Waals surface area contributed by atoms with Gasteiger partial charge >= 0.3 is 0 Å². The molecular weight excluding hydrogens is 454 g/mol. The van der Waals surface area contributed by atoms with Crippen LogP contribution in [0.15, 0.2) is 35.3 Å². The fraction of sp³-hybridized carbons (Fsp3) is 0.520. The number of amides is 2. The molecule has 0 bridgehead atoms. The summed E-state index contributed by atoms with van der Waals surface area (Å²) >= 11 is 6.13. The Morgan fingerprint density at radius 1 is 1.12 bits per heavy atom. The van der Waals surface area contributed by atoms with Gasteiger partial charge in [-0.25, -0.2) is 4.98 Å². The second-order valence-electron chi connectivity index (χ2n) is 9.75. The largest absolute Gasteiger partial charge is 0.350 e. The predicted molar refractivity (Wildman–Crippen MR) is 135 cm³/mol. The summed E-state index contributed by atoms with van der Waals surface area (Å²) < 4.78 is 1.27. The van der Waals surface area contributed by atoms with E-state index in [1.54, 1.807) is 24.3 Å². The first-order valence-electron chi connectivity index (χ1n) is 11.8. The van der Waals surface area contributed by atoms with E-state index in [9.17, 15) is 14.4 Å². The van der Waals surface area contributed by atoms with Crippen molar-refractivity contribution in [2.24, 2.45) is 0 Å². The van der Waals surface area contributed by atoms with Gasteiger partial charge < -0.3 is 15.5 Å². The topological polar surface area (TPSA) is 96.3 Å². The van der Waals surface area contributed by atoms with Crippen molar-refractivity contribution in [3.63, 3.8) is 0 Å². The Hall–Kier alpha value is -2.71. The Balaban J connectivity index is 1.78. The summed E-state index contributed by atoms with van der Waals surface area (Å²) in [6, 6.07) is 6.92. The van der Waals surface area contributed by atoms with Crippen LogP contribution in [-0.2, 0) is 16.1 Å². The molecule has 1 aromatic carbocycles. The minimum Gasteiger partial charge on any atom is -0.350 e. The number of likely N-dealkylation sites (tertiary alicyclic amines) is 1. The summed E-state index contributed by atoms with van der Waals surface area (Å²) in [7, 11) is 0. The van der Waals surface area contributed by atoms with Gasteiger partial charge in [0.25, 0.3) is 5.56 Å². The van der Waals surface area contributed by atoms with Gasteiger partial charge in [-0.3, -0.25) is 19.0 Å². The summed E-state index contributed by atoms with van der Waals surface area (Å²) in [5.74, 6) is -0.263. The van der Waals surface area contributed by atoms with E-state index in [0.717, 1.165) is 26.1 Å². The van der Waals surface area contributed by atoms with Gasteiger partial charge in [0, 0.05) is 22.5 Å². The lowest BCUT2D eigenvalue weighted by Gasteiger charge is -2.26. The molecule has 2 N–H and O–H groups in total. The lowest BCUT2D eigenvalue weighted by atomic mass is 10.1. The number of nitrogens with zero attached hydrogens (tertiary/aromatic N) is 3. The third-order valence-corrected chi connectivity index (χ3v) is 5.78. The van der Waals surface area contributed by atoms with Crippen LogP contribution in [0.1, 0.15) is 52.9 Å². The highest BCUT2D eigenvalue weighted by atomic mass is 35.5. The average molecular weight is 488 g/mol. The molecule has 0 saturated carbocycles.